The lowest BCUT2D eigenvalue weighted by Crippen LogP contribution is -2.34. The Hall–Kier alpha value is -0.600. The molecular formula is C16H25ClFN. The molecule has 1 aromatic carbocycles. The van der Waals surface area contributed by atoms with E-state index in [1.165, 1.54) is 12.1 Å². The predicted molar refractivity (Wildman–Crippen MR) is 81.3 cm³/mol. The van der Waals surface area contributed by atoms with Gasteiger partial charge in [0.2, 0.25) is 0 Å². The highest BCUT2D eigenvalue weighted by molar-refractivity contribution is 6.31. The van der Waals surface area contributed by atoms with Gasteiger partial charge in [-0.15, -0.1) is 0 Å². The van der Waals surface area contributed by atoms with E-state index in [0.29, 0.717) is 17.0 Å². The standard InChI is InChI=1S/C16H25ClFN/c1-4-10-19-16(12(2)3)7-5-6-13-8-9-14(18)11-15(13)17/h8-9,11-12,16,19H,4-7,10H2,1-3H3. The maximum Gasteiger partial charge on any atom is 0.124 e. The van der Waals surface area contributed by atoms with Gasteiger partial charge in [0, 0.05) is 11.1 Å². The molecule has 0 heterocycles. The number of hydrogen-bond acceptors (Lipinski definition) is 1. The van der Waals surface area contributed by atoms with Gasteiger partial charge >= 0.3 is 0 Å². The van der Waals surface area contributed by atoms with Crippen molar-refractivity contribution in [3.05, 3.63) is 34.6 Å². The number of aryl methyl sites for hydroxylation is 1. The third kappa shape index (κ3) is 5.92. The lowest BCUT2D eigenvalue weighted by atomic mass is 9.96. The lowest BCUT2D eigenvalue weighted by Gasteiger charge is -2.22. The molecule has 1 nitrogen and oxygen atoms in total. The molecular weight excluding hydrogens is 261 g/mol. The van der Waals surface area contributed by atoms with Crippen molar-refractivity contribution in [2.45, 2.75) is 52.5 Å². The minimum absolute atomic E-state index is 0.265. The van der Waals surface area contributed by atoms with E-state index in [4.69, 9.17) is 11.6 Å². The molecule has 1 N–H and O–H groups in total. The highest BCUT2D eigenvalue weighted by Crippen LogP contribution is 2.20. The first kappa shape index (κ1) is 16.5. The van der Waals surface area contributed by atoms with Crippen LogP contribution in [0.3, 0.4) is 0 Å². The van der Waals surface area contributed by atoms with Gasteiger partial charge in [0.25, 0.3) is 0 Å². The van der Waals surface area contributed by atoms with Crippen LogP contribution in [0.1, 0.15) is 45.6 Å². The molecule has 19 heavy (non-hydrogen) atoms. The van der Waals surface area contributed by atoms with Crippen LogP contribution in [0.5, 0.6) is 0 Å². The highest BCUT2D eigenvalue weighted by Gasteiger charge is 2.12. The van der Waals surface area contributed by atoms with Gasteiger partial charge in [0.05, 0.1) is 0 Å². The van der Waals surface area contributed by atoms with Crippen LogP contribution in [0.2, 0.25) is 5.02 Å². The van der Waals surface area contributed by atoms with Crippen molar-refractivity contribution in [2.75, 3.05) is 6.54 Å². The number of nitrogens with one attached hydrogen (secondary N) is 1. The molecule has 0 amide bonds. The Labute approximate surface area is 121 Å². The molecule has 1 unspecified atom stereocenters. The van der Waals surface area contributed by atoms with Crippen LogP contribution in [-0.2, 0) is 6.42 Å². The van der Waals surface area contributed by atoms with Gasteiger partial charge in [0.1, 0.15) is 5.82 Å². The van der Waals surface area contributed by atoms with Crippen LogP contribution in [0.4, 0.5) is 4.39 Å². The molecule has 0 saturated heterocycles. The first-order valence-electron chi connectivity index (χ1n) is 7.22. The van der Waals surface area contributed by atoms with E-state index in [1.807, 2.05) is 0 Å². The van der Waals surface area contributed by atoms with E-state index in [0.717, 1.165) is 37.8 Å². The summed E-state index contributed by atoms with van der Waals surface area (Å²) in [5, 5.41) is 4.13. The molecule has 0 radical (unpaired) electrons. The fourth-order valence-corrected chi connectivity index (χ4v) is 2.50. The van der Waals surface area contributed by atoms with E-state index in [-0.39, 0.29) is 5.82 Å². The molecule has 0 aliphatic rings. The summed E-state index contributed by atoms with van der Waals surface area (Å²) in [5.41, 5.74) is 1.04. The van der Waals surface area contributed by atoms with Crippen LogP contribution in [0.25, 0.3) is 0 Å². The van der Waals surface area contributed by atoms with Gasteiger partial charge in [-0.25, -0.2) is 4.39 Å². The van der Waals surface area contributed by atoms with E-state index in [2.05, 4.69) is 26.1 Å². The summed E-state index contributed by atoms with van der Waals surface area (Å²) in [6, 6.07) is 5.23. The third-order valence-electron chi connectivity index (χ3n) is 3.44. The fraction of sp³-hybridized carbons (Fsp3) is 0.625. The van der Waals surface area contributed by atoms with Crippen molar-refractivity contribution in [3.8, 4) is 0 Å². The van der Waals surface area contributed by atoms with Crippen molar-refractivity contribution < 1.29 is 4.39 Å². The number of rotatable bonds is 8. The minimum Gasteiger partial charge on any atom is -0.314 e. The second-order valence-electron chi connectivity index (χ2n) is 5.43. The summed E-state index contributed by atoms with van der Waals surface area (Å²) < 4.78 is 12.9. The van der Waals surface area contributed by atoms with Crippen LogP contribution in [0, 0.1) is 11.7 Å². The number of benzene rings is 1. The zero-order valence-corrected chi connectivity index (χ0v) is 12.9. The van der Waals surface area contributed by atoms with Crippen molar-refractivity contribution >= 4 is 11.6 Å². The van der Waals surface area contributed by atoms with Gasteiger partial charge in [-0.2, -0.15) is 0 Å². The molecule has 0 aliphatic carbocycles. The maximum atomic E-state index is 12.9. The van der Waals surface area contributed by atoms with E-state index in [1.54, 1.807) is 6.07 Å². The van der Waals surface area contributed by atoms with Gasteiger partial charge in [-0.1, -0.05) is 38.4 Å². The maximum absolute atomic E-state index is 12.9. The van der Waals surface area contributed by atoms with Crippen molar-refractivity contribution in [1.82, 2.24) is 5.32 Å². The van der Waals surface area contributed by atoms with E-state index >= 15 is 0 Å². The number of halogens is 2. The Morgan fingerprint density at radius 2 is 2.05 bits per heavy atom. The number of hydrogen-bond donors (Lipinski definition) is 1. The second kappa shape index (κ2) is 8.55. The van der Waals surface area contributed by atoms with Gasteiger partial charge < -0.3 is 5.32 Å². The normalized spacial score (nSPS) is 12.9. The van der Waals surface area contributed by atoms with E-state index in [9.17, 15) is 4.39 Å². The zero-order chi connectivity index (χ0) is 14.3. The lowest BCUT2D eigenvalue weighted by molar-refractivity contribution is 0.370. The van der Waals surface area contributed by atoms with Crippen LogP contribution >= 0.6 is 11.6 Å². The average molecular weight is 286 g/mol. The Morgan fingerprint density at radius 3 is 2.63 bits per heavy atom. The monoisotopic (exact) mass is 285 g/mol. The molecule has 1 aromatic rings. The molecule has 0 aromatic heterocycles. The van der Waals surface area contributed by atoms with Crippen LogP contribution in [0.15, 0.2) is 18.2 Å². The molecule has 0 saturated carbocycles. The van der Waals surface area contributed by atoms with Crippen LogP contribution < -0.4 is 5.32 Å². The Kier molecular flexibility index (Phi) is 7.40. The first-order chi connectivity index (χ1) is 9.04. The molecule has 0 bridgehead atoms. The summed E-state index contributed by atoms with van der Waals surface area (Å²) in [6.45, 7) is 7.75. The fourth-order valence-electron chi connectivity index (χ4n) is 2.24. The molecule has 0 spiro atoms. The topological polar surface area (TPSA) is 12.0 Å². The summed E-state index contributed by atoms with van der Waals surface area (Å²) >= 11 is 6.04. The summed E-state index contributed by atoms with van der Waals surface area (Å²) in [5.74, 6) is 0.369. The molecule has 0 fully saturated rings. The van der Waals surface area contributed by atoms with Gasteiger partial charge in [-0.05, 0) is 55.8 Å². The van der Waals surface area contributed by atoms with E-state index < -0.39 is 0 Å². The smallest absolute Gasteiger partial charge is 0.124 e. The predicted octanol–water partition coefficient (Wildman–Crippen LogP) is 4.83. The molecule has 1 rings (SSSR count). The average Bonchev–Trinajstić information content (AvgIpc) is 2.35. The Morgan fingerprint density at radius 1 is 1.32 bits per heavy atom. The Balaban J connectivity index is 2.42. The summed E-state index contributed by atoms with van der Waals surface area (Å²) in [6.07, 6.45) is 4.28. The Bertz CT molecular complexity index is 379. The second-order valence-corrected chi connectivity index (χ2v) is 5.84. The largest absolute Gasteiger partial charge is 0.314 e. The first-order valence-corrected chi connectivity index (χ1v) is 7.59. The van der Waals surface area contributed by atoms with Gasteiger partial charge in [-0.3, -0.25) is 0 Å². The van der Waals surface area contributed by atoms with Crippen LogP contribution in [-0.4, -0.2) is 12.6 Å². The molecule has 108 valence electrons. The quantitative estimate of drug-likeness (QED) is 0.722. The van der Waals surface area contributed by atoms with Crippen molar-refractivity contribution in [2.24, 2.45) is 5.92 Å². The highest BCUT2D eigenvalue weighted by atomic mass is 35.5. The molecule has 3 heteroatoms. The zero-order valence-electron chi connectivity index (χ0n) is 12.2. The third-order valence-corrected chi connectivity index (χ3v) is 3.79. The SMILES string of the molecule is CCCNC(CCCc1ccc(F)cc1Cl)C(C)C. The van der Waals surface area contributed by atoms with Crippen molar-refractivity contribution in [1.29, 1.82) is 0 Å². The molecule has 0 aliphatic heterocycles. The minimum atomic E-state index is -0.265. The summed E-state index contributed by atoms with van der Waals surface area (Å²) in [4.78, 5) is 0. The van der Waals surface area contributed by atoms with Gasteiger partial charge in [0.15, 0.2) is 0 Å². The molecule has 1 atom stereocenters. The van der Waals surface area contributed by atoms with Crippen molar-refractivity contribution in [3.63, 3.8) is 0 Å². The summed E-state index contributed by atoms with van der Waals surface area (Å²) in [7, 11) is 0.